The van der Waals surface area contributed by atoms with Crippen molar-refractivity contribution in [1.82, 2.24) is 20.4 Å². The number of benzene rings is 2. The van der Waals surface area contributed by atoms with E-state index in [0.717, 1.165) is 22.3 Å². The summed E-state index contributed by atoms with van der Waals surface area (Å²) in [4.78, 5) is 34.1. The number of carbonyl (C=O) groups excluding carboxylic acids is 2. The van der Waals surface area contributed by atoms with E-state index in [4.69, 9.17) is 12.2 Å². The lowest BCUT2D eigenvalue weighted by atomic mass is 10.2. The van der Waals surface area contributed by atoms with Crippen LogP contribution in [0.1, 0.15) is 16.1 Å². The molecule has 28 heavy (non-hydrogen) atoms. The number of fused-ring (bicyclic) bond motifs is 1. The van der Waals surface area contributed by atoms with E-state index in [2.05, 4.69) is 15.4 Å². The second-order valence-corrected chi connectivity index (χ2v) is 7.43. The van der Waals surface area contributed by atoms with Gasteiger partial charge in [-0.15, -0.1) is 0 Å². The van der Waals surface area contributed by atoms with Gasteiger partial charge in [0.1, 0.15) is 5.75 Å². The first kappa shape index (κ1) is 18.1. The van der Waals surface area contributed by atoms with E-state index in [9.17, 15) is 14.7 Å². The first-order valence-electron chi connectivity index (χ1n) is 8.11. The van der Waals surface area contributed by atoms with Gasteiger partial charge >= 0.3 is 0 Å². The minimum atomic E-state index is -0.638. The van der Waals surface area contributed by atoms with Crippen molar-refractivity contribution in [2.24, 2.45) is 0 Å². The van der Waals surface area contributed by atoms with Crippen LogP contribution < -0.4 is 5.43 Å². The Balaban J connectivity index is 1.57. The summed E-state index contributed by atoms with van der Waals surface area (Å²) in [6.07, 6.45) is 3.14. The van der Waals surface area contributed by atoms with Gasteiger partial charge in [0.25, 0.3) is 11.8 Å². The fraction of sp³-hybridized carbons (Fsp3) is 0. The number of nitrogens with one attached hydrogen (secondary N) is 1. The summed E-state index contributed by atoms with van der Waals surface area (Å²) in [5.74, 6) is -1.30. The molecule has 2 aromatic carbocycles. The second kappa shape index (κ2) is 7.37. The molecule has 0 spiro atoms. The number of hydrazine groups is 1. The van der Waals surface area contributed by atoms with Gasteiger partial charge in [-0.05, 0) is 42.6 Å². The molecule has 2 amide bonds. The molecule has 3 aromatic rings. The quantitative estimate of drug-likeness (QED) is 0.508. The van der Waals surface area contributed by atoms with Gasteiger partial charge < -0.3 is 5.11 Å². The summed E-state index contributed by atoms with van der Waals surface area (Å²) in [5.41, 5.74) is 4.44. The van der Waals surface area contributed by atoms with Crippen molar-refractivity contribution < 1.29 is 14.7 Å². The van der Waals surface area contributed by atoms with Crippen LogP contribution >= 0.6 is 24.0 Å². The van der Waals surface area contributed by atoms with Crippen LogP contribution in [-0.2, 0) is 4.79 Å². The van der Waals surface area contributed by atoms with Gasteiger partial charge in [0.05, 0.1) is 33.4 Å². The number of amides is 2. The number of thioether (sulfide) groups is 1. The summed E-state index contributed by atoms with van der Waals surface area (Å²) in [6, 6.07) is 13.4. The number of nitrogens with zero attached hydrogens (tertiary/aromatic N) is 3. The van der Waals surface area contributed by atoms with Crippen molar-refractivity contribution in [3.8, 4) is 5.75 Å². The number of phenolic OH excluding ortho intramolecular Hbond substituents is 1. The van der Waals surface area contributed by atoms with Gasteiger partial charge in [-0.1, -0.05) is 36.0 Å². The molecule has 0 radical (unpaired) electrons. The first-order valence-corrected chi connectivity index (χ1v) is 9.34. The highest BCUT2D eigenvalue weighted by Gasteiger charge is 2.34. The van der Waals surface area contributed by atoms with Gasteiger partial charge in [-0.3, -0.25) is 20.0 Å². The molecule has 1 aromatic heterocycles. The maximum absolute atomic E-state index is 12.7. The molecule has 138 valence electrons. The van der Waals surface area contributed by atoms with Crippen molar-refractivity contribution in [3.05, 3.63) is 70.9 Å². The molecule has 9 heteroatoms. The zero-order valence-corrected chi connectivity index (χ0v) is 15.8. The number of aromatic nitrogens is 2. The Kier molecular flexibility index (Phi) is 4.76. The van der Waals surface area contributed by atoms with E-state index in [1.54, 1.807) is 24.4 Å². The van der Waals surface area contributed by atoms with Crippen molar-refractivity contribution >= 4 is 57.2 Å². The predicted molar refractivity (Wildman–Crippen MR) is 110 cm³/mol. The molecule has 7 nitrogen and oxygen atoms in total. The Morgan fingerprint density at radius 2 is 1.86 bits per heavy atom. The Morgan fingerprint density at radius 1 is 1.14 bits per heavy atom. The molecule has 0 bridgehead atoms. The normalized spacial score (nSPS) is 15.4. The highest BCUT2D eigenvalue weighted by Crippen LogP contribution is 2.31. The Hall–Kier alpha value is -3.30. The number of hydrogen-bond acceptors (Lipinski definition) is 7. The molecule has 2 N–H and O–H groups in total. The summed E-state index contributed by atoms with van der Waals surface area (Å²) >= 11 is 6.25. The molecule has 1 aliphatic heterocycles. The predicted octanol–water partition coefficient (Wildman–Crippen LogP) is 2.88. The highest BCUT2D eigenvalue weighted by molar-refractivity contribution is 8.26. The first-order chi connectivity index (χ1) is 13.5. The maximum Gasteiger partial charge on any atom is 0.285 e. The molecule has 1 saturated heterocycles. The summed E-state index contributed by atoms with van der Waals surface area (Å²) < 4.78 is 0.175. The maximum atomic E-state index is 12.7. The third-order valence-corrected chi connectivity index (χ3v) is 5.20. The van der Waals surface area contributed by atoms with Gasteiger partial charge in [0, 0.05) is 0 Å². The lowest BCUT2D eigenvalue weighted by Crippen LogP contribution is -2.44. The minimum Gasteiger partial charge on any atom is -0.507 e. The molecular formula is C19H12N4O3S2. The number of para-hydroxylation sites is 3. The van der Waals surface area contributed by atoms with Gasteiger partial charge in [-0.25, -0.2) is 4.98 Å². The van der Waals surface area contributed by atoms with Gasteiger partial charge in [0.15, 0.2) is 4.32 Å². The van der Waals surface area contributed by atoms with Crippen LogP contribution in [0.3, 0.4) is 0 Å². The van der Waals surface area contributed by atoms with E-state index in [0.29, 0.717) is 16.1 Å². The third kappa shape index (κ3) is 3.45. The standard InChI is InChI=1S/C19H12N4O3S2/c24-15-8-4-1-5-12(15)17(25)22-23-18(26)16(28-19(23)27)9-11-10-20-13-6-2-3-7-14(13)21-11/h1-10,24H,(H,22,25)/b16-9-. The van der Waals surface area contributed by atoms with E-state index < -0.39 is 11.8 Å². The summed E-state index contributed by atoms with van der Waals surface area (Å²) in [5, 5.41) is 10.8. The fourth-order valence-electron chi connectivity index (χ4n) is 2.57. The van der Waals surface area contributed by atoms with Crippen LogP contribution in [0.25, 0.3) is 17.1 Å². The van der Waals surface area contributed by atoms with Gasteiger partial charge in [0.2, 0.25) is 0 Å². The second-order valence-electron chi connectivity index (χ2n) is 5.76. The smallest absolute Gasteiger partial charge is 0.285 e. The van der Waals surface area contributed by atoms with Crippen LogP contribution in [0.15, 0.2) is 59.6 Å². The Bertz CT molecular complexity index is 1160. The van der Waals surface area contributed by atoms with E-state index >= 15 is 0 Å². The molecule has 0 unspecified atom stereocenters. The molecule has 4 rings (SSSR count). The fourth-order valence-corrected chi connectivity index (χ4v) is 3.73. The SMILES string of the molecule is O=C(NN1C(=O)/C(=C/c2cnc3ccccc3n2)SC1=S)c1ccccc1O. The van der Waals surface area contributed by atoms with Crippen molar-refractivity contribution in [3.63, 3.8) is 0 Å². The number of phenols is 1. The number of hydrogen-bond donors (Lipinski definition) is 2. The monoisotopic (exact) mass is 408 g/mol. The third-order valence-electron chi connectivity index (χ3n) is 3.90. The van der Waals surface area contributed by atoms with E-state index in [-0.39, 0.29) is 15.6 Å². The Morgan fingerprint density at radius 3 is 2.64 bits per heavy atom. The average molecular weight is 408 g/mol. The number of carbonyl (C=O) groups is 2. The molecule has 1 aliphatic rings. The largest absolute Gasteiger partial charge is 0.507 e. The van der Waals surface area contributed by atoms with Gasteiger partial charge in [-0.2, -0.15) is 5.01 Å². The molecular weight excluding hydrogens is 396 g/mol. The number of rotatable bonds is 3. The van der Waals surface area contributed by atoms with Crippen molar-refractivity contribution in [2.75, 3.05) is 0 Å². The highest BCUT2D eigenvalue weighted by atomic mass is 32.2. The zero-order valence-electron chi connectivity index (χ0n) is 14.2. The van der Waals surface area contributed by atoms with Crippen molar-refractivity contribution in [1.29, 1.82) is 0 Å². The van der Waals surface area contributed by atoms with E-state index in [1.165, 1.54) is 12.1 Å². The summed E-state index contributed by atoms with van der Waals surface area (Å²) in [7, 11) is 0. The van der Waals surface area contributed by atoms with Crippen LogP contribution in [0.5, 0.6) is 5.75 Å². The molecule has 2 heterocycles. The van der Waals surface area contributed by atoms with E-state index in [1.807, 2.05) is 24.3 Å². The average Bonchev–Trinajstić information content (AvgIpc) is 2.95. The number of thiocarbonyl (C=S) groups is 1. The zero-order chi connectivity index (χ0) is 19.7. The molecule has 0 aliphatic carbocycles. The lowest BCUT2D eigenvalue weighted by molar-refractivity contribution is -0.123. The van der Waals surface area contributed by atoms with Crippen LogP contribution in [-0.4, -0.2) is 36.2 Å². The van der Waals surface area contributed by atoms with Crippen LogP contribution in [0.4, 0.5) is 0 Å². The van der Waals surface area contributed by atoms with Crippen molar-refractivity contribution in [2.45, 2.75) is 0 Å². The lowest BCUT2D eigenvalue weighted by Gasteiger charge is -2.16. The minimum absolute atomic E-state index is 0.0425. The molecule has 0 atom stereocenters. The molecule has 1 fully saturated rings. The Labute approximate surface area is 169 Å². The van der Waals surface area contributed by atoms with Crippen LogP contribution in [0, 0.1) is 0 Å². The topological polar surface area (TPSA) is 95.4 Å². The summed E-state index contributed by atoms with van der Waals surface area (Å²) in [6.45, 7) is 0. The van der Waals surface area contributed by atoms with Crippen LogP contribution in [0.2, 0.25) is 0 Å². The molecule has 0 saturated carbocycles. The number of aromatic hydroxyl groups is 1.